The van der Waals surface area contributed by atoms with Crippen LogP contribution in [0.25, 0.3) is 0 Å². The zero-order valence-corrected chi connectivity index (χ0v) is 18.9. The van der Waals surface area contributed by atoms with Crippen LogP contribution in [0.15, 0.2) is 71.6 Å². The number of halogens is 3. The molecule has 0 aromatic heterocycles. The lowest BCUT2D eigenvalue weighted by molar-refractivity contribution is 0.102. The second-order valence-corrected chi connectivity index (χ2v) is 9.82. The minimum Gasteiger partial charge on any atom is -0.369 e. The molecule has 1 N–H and O–H groups in total. The molecule has 1 aliphatic heterocycles. The van der Waals surface area contributed by atoms with E-state index in [0.29, 0.717) is 13.1 Å². The fourth-order valence-corrected chi connectivity index (χ4v) is 5.20. The van der Waals surface area contributed by atoms with E-state index in [1.807, 2.05) is 30.3 Å². The molecule has 172 valence electrons. The van der Waals surface area contributed by atoms with Crippen molar-refractivity contribution in [2.45, 2.75) is 4.90 Å². The topological polar surface area (TPSA) is 69.7 Å². The second kappa shape index (κ2) is 9.46. The number of benzene rings is 3. The molecular formula is C23H20ClF2N3O3S. The molecule has 1 amide bonds. The predicted molar refractivity (Wildman–Crippen MR) is 123 cm³/mol. The molecular weight excluding hydrogens is 472 g/mol. The Labute approximate surface area is 195 Å². The van der Waals surface area contributed by atoms with E-state index in [-0.39, 0.29) is 28.7 Å². The lowest BCUT2D eigenvalue weighted by atomic mass is 10.2. The number of nitrogens with zero attached hydrogens (tertiary/aromatic N) is 2. The number of anilines is 2. The van der Waals surface area contributed by atoms with Crippen molar-refractivity contribution >= 4 is 38.9 Å². The molecule has 0 spiro atoms. The van der Waals surface area contributed by atoms with E-state index in [1.165, 1.54) is 16.4 Å². The van der Waals surface area contributed by atoms with E-state index < -0.39 is 33.1 Å². The molecule has 0 aliphatic carbocycles. The van der Waals surface area contributed by atoms with Crippen LogP contribution < -0.4 is 10.2 Å². The maximum Gasteiger partial charge on any atom is 0.258 e. The van der Waals surface area contributed by atoms with Gasteiger partial charge in [-0.3, -0.25) is 4.79 Å². The molecule has 0 saturated carbocycles. The van der Waals surface area contributed by atoms with Gasteiger partial charge in [0, 0.05) is 36.9 Å². The number of nitrogens with one attached hydrogen (secondary N) is 1. The summed E-state index contributed by atoms with van der Waals surface area (Å²) in [5.41, 5.74) is 0.298. The number of amides is 1. The van der Waals surface area contributed by atoms with Crippen molar-refractivity contribution in [2.75, 3.05) is 36.4 Å². The van der Waals surface area contributed by atoms with Gasteiger partial charge in [-0.25, -0.2) is 17.2 Å². The molecule has 33 heavy (non-hydrogen) atoms. The summed E-state index contributed by atoms with van der Waals surface area (Å²) in [5, 5.41) is 2.39. The van der Waals surface area contributed by atoms with Crippen LogP contribution in [0, 0.1) is 11.6 Å². The normalized spacial score (nSPS) is 14.8. The summed E-state index contributed by atoms with van der Waals surface area (Å²) in [6.07, 6.45) is 0. The molecule has 0 bridgehead atoms. The average Bonchev–Trinajstić information content (AvgIpc) is 2.81. The summed E-state index contributed by atoms with van der Waals surface area (Å²) < 4.78 is 56.0. The summed E-state index contributed by atoms with van der Waals surface area (Å²) >= 11 is 5.70. The molecule has 1 aliphatic rings. The van der Waals surface area contributed by atoms with Gasteiger partial charge in [0.05, 0.1) is 16.1 Å². The molecule has 1 heterocycles. The summed E-state index contributed by atoms with van der Waals surface area (Å²) in [6.45, 7) is 1.47. The van der Waals surface area contributed by atoms with E-state index in [1.54, 1.807) is 0 Å². The van der Waals surface area contributed by atoms with Gasteiger partial charge < -0.3 is 10.2 Å². The molecule has 0 radical (unpaired) electrons. The molecule has 3 aromatic carbocycles. The van der Waals surface area contributed by atoms with Crippen molar-refractivity contribution in [3.63, 3.8) is 0 Å². The van der Waals surface area contributed by atoms with Crippen LogP contribution in [0.2, 0.25) is 5.02 Å². The van der Waals surface area contributed by atoms with Gasteiger partial charge in [-0.1, -0.05) is 29.8 Å². The van der Waals surface area contributed by atoms with Gasteiger partial charge in [0.25, 0.3) is 5.91 Å². The highest BCUT2D eigenvalue weighted by atomic mass is 35.5. The summed E-state index contributed by atoms with van der Waals surface area (Å²) in [5.74, 6) is -2.69. The standard InChI is InChI=1S/C23H20ClF2N3O3S/c24-16-6-9-22(21(26)14-16)27-23(30)19-15-18(7-8-20(19)25)33(31,32)29-12-10-28(11-13-29)17-4-2-1-3-5-17/h1-9,14-15H,10-13H2,(H,27,30). The molecule has 10 heteroatoms. The average molecular weight is 492 g/mol. The van der Waals surface area contributed by atoms with Gasteiger partial charge in [0.15, 0.2) is 0 Å². The minimum absolute atomic E-state index is 0.136. The first-order valence-electron chi connectivity index (χ1n) is 10.1. The number of para-hydroxylation sites is 1. The number of carbonyl (C=O) groups is 1. The third-order valence-electron chi connectivity index (χ3n) is 5.36. The lowest BCUT2D eigenvalue weighted by Gasteiger charge is -2.35. The first-order valence-corrected chi connectivity index (χ1v) is 11.9. The van der Waals surface area contributed by atoms with Crippen LogP contribution in [-0.2, 0) is 10.0 Å². The van der Waals surface area contributed by atoms with Crippen molar-refractivity contribution < 1.29 is 22.0 Å². The Kier molecular flexibility index (Phi) is 6.64. The smallest absolute Gasteiger partial charge is 0.258 e. The number of piperazine rings is 1. The third-order valence-corrected chi connectivity index (χ3v) is 7.49. The van der Waals surface area contributed by atoms with Crippen LogP contribution in [-0.4, -0.2) is 44.8 Å². The minimum atomic E-state index is -3.96. The highest BCUT2D eigenvalue weighted by Crippen LogP contribution is 2.24. The maximum atomic E-state index is 14.4. The fraction of sp³-hybridized carbons (Fsp3) is 0.174. The number of hydrogen-bond acceptors (Lipinski definition) is 4. The van der Waals surface area contributed by atoms with Crippen LogP contribution in [0.1, 0.15) is 10.4 Å². The van der Waals surface area contributed by atoms with Gasteiger partial charge >= 0.3 is 0 Å². The zero-order valence-electron chi connectivity index (χ0n) is 17.3. The third kappa shape index (κ3) is 5.00. The van der Waals surface area contributed by atoms with Gasteiger partial charge in [-0.15, -0.1) is 0 Å². The van der Waals surface area contributed by atoms with Crippen molar-refractivity contribution in [2.24, 2.45) is 0 Å². The van der Waals surface area contributed by atoms with E-state index in [2.05, 4.69) is 10.2 Å². The first-order chi connectivity index (χ1) is 15.8. The molecule has 4 rings (SSSR count). The number of carbonyl (C=O) groups excluding carboxylic acids is 1. The molecule has 1 fully saturated rings. The summed E-state index contributed by atoms with van der Waals surface area (Å²) in [7, 11) is -3.96. The van der Waals surface area contributed by atoms with Crippen LogP contribution in [0.5, 0.6) is 0 Å². The Morgan fingerprint density at radius 3 is 2.24 bits per heavy atom. The molecule has 6 nitrogen and oxygen atoms in total. The van der Waals surface area contributed by atoms with E-state index >= 15 is 0 Å². The Morgan fingerprint density at radius 2 is 1.58 bits per heavy atom. The van der Waals surface area contributed by atoms with E-state index in [4.69, 9.17) is 11.6 Å². The highest BCUT2D eigenvalue weighted by molar-refractivity contribution is 7.89. The van der Waals surface area contributed by atoms with E-state index in [9.17, 15) is 22.0 Å². The fourth-order valence-electron chi connectivity index (χ4n) is 3.59. The largest absolute Gasteiger partial charge is 0.369 e. The second-order valence-electron chi connectivity index (χ2n) is 7.45. The lowest BCUT2D eigenvalue weighted by Crippen LogP contribution is -2.48. The Morgan fingerprint density at radius 1 is 0.879 bits per heavy atom. The van der Waals surface area contributed by atoms with Crippen molar-refractivity contribution in [1.29, 1.82) is 0 Å². The number of sulfonamides is 1. The predicted octanol–water partition coefficient (Wildman–Crippen LogP) is 4.38. The quantitative estimate of drug-likeness (QED) is 0.575. The van der Waals surface area contributed by atoms with Crippen LogP contribution in [0.4, 0.5) is 20.2 Å². The molecule has 3 aromatic rings. The summed E-state index contributed by atoms with van der Waals surface area (Å²) in [6, 6.07) is 16.3. The SMILES string of the molecule is O=C(Nc1ccc(Cl)cc1F)c1cc(S(=O)(=O)N2CCN(c3ccccc3)CC2)ccc1F. The van der Waals surface area contributed by atoms with E-state index in [0.717, 1.165) is 30.0 Å². The summed E-state index contributed by atoms with van der Waals surface area (Å²) in [4.78, 5) is 14.4. The first kappa shape index (κ1) is 23.2. The molecule has 0 atom stereocenters. The van der Waals surface area contributed by atoms with Crippen molar-refractivity contribution in [3.8, 4) is 0 Å². The molecule has 0 unspecified atom stereocenters. The highest BCUT2D eigenvalue weighted by Gasteiger charge is 2.30. The van der Waals surface area contributed by atoms with Gasteiger partial charge in [-0.2, -0.15) is 4.31 Å². The van der Waals surface area contributed by atoms with Crippen LogP contribution in [0.3, 0.4) is 0 Å². The Hall–Kier alpha value is -3.01. The maximum absolute atomic E-state index is 14.4. The van der Waals surface area contributed by atoms with Gasteiger partial charge in [0.2, 0.25) is 10.0 Å². The van der Waals surface area contributed by atoms with Crippen molar-refractivity contribution in [1.82, 2.24) is 4.31 Å². The monoisotopic (exact) mass is 491 g/mol. The number of hydrogen-bond donors (Lipinski definition) is 1. The van der Waals surface area contributed by atoms with Gasteiger partial charge in [0.1, 0.15) is 11.6 Å². The van der Waals surface area contributed by atoms with Gasteiger partial charge in [-0.05, 0) is 48.5 Å². The van der Waals surface area contributed by atoms with Crippen molar-refractivity contribution in [3.05, 3.63) is 89.0 Å². The number of rotatable bonds is 5. The Balaban J connectivity index is 1.52. The molecule has 1 saturated heterocycles. The van der Waals surface area contributed by atoms with Crippen LogP contribution >= 0.6 is 11.6 Å². The zero-order chi connectivity index (χ0) is 23.6. The Bertz CT molecular complexity index is 1280.